The zero-order valence-electron chi connectivity index (χ0n) is 14.0. The van der Waals surface area contributed by atoms with E-state index in [0.717, 1.165) is 29.8 Å². The molecule has 1 aliphatic rings. The number of thioether (sulfide) groups is 1. The highest BCUT2D eigenvalue weighted by Gasteiger charge is 2.28. The van der Waals surface area contributed by atoms with E-state index in [1.807, 2.05) is 48.7 Å². The molecule has 3 rings (SSSR count). The molecule has 24 heavy (non-hydrogen) atoms. The maximum Gasteiger partial charge on any atom is 0.267 e. The predicted molar refractivity (Wildman–Crippen MR) is 99.8 cm³/mol. The lowest BCUT2D eigenvalue weighted by Crippen LogP contribution is -2.43. The zero-order chi connectivity index (χ0) is 17.1. The molecule has 0 saturated carbocycles. The molecule has 4 nitrogen and oxygen atoms in total. The topological polar surface area (TPSA) is 55.6 Å². The van der Waals surface area contributed by atoms with Crippen LogP contribution in [0.1, 0.15) is 18.9 Å². The van der Waals surface area contributed by atoms with Crippen LogP contribution in [0.4, 0.5) is 11.4 Å². The third kappa shape index (κ3) is 3.36. The largest absolute Gasteiger partial charge is 0.481 e. The van der Waals surface area contributed by atoms with Crippen molar-refractivity contribution < 1.29 is 9.53 Å². The fourth-order valence-corrected chi connectivity index (χ4v) is 3.42. The van der Waals surface area contributed by atoms with Gasteiger partial charge in [-0.2, -0.15) is 0 Å². The summed E-state index contributed by atoms with van der Waals surface area (Å²) in [6.07, 6.45) is 3.32. The number of hydrogen-bond acceptors (Lipinski definition) is 4. The van der Waals surface area contributed by atoms with E-state index in [9.17, 15) is 4.79 Å². The van der Waals surface area contributed by atoms with E-state index in [1.54, 1.807) is 23.6 Å². The van der Waals surface area contributed by atoms with Crippen molar-refractivity contribution in [2.75, 3.05) is 23.4 Å². The Labute approximate surface area is 147 Å². The predicted octanol–water partition coefficient (Wildman–Crippen LogP) is 3.74. The molecule has 1 amide bonds. The highest BCUT2D eigenvalue weighted by molar-refractivity contribution is 7.98. The lowest BCUT2D eigenvalue weighted by Gasteiger charge is -2.32. The first-order valence-electron chi connectivity index (χ1n) is 8.09. The summed E-state index contributed by atoms with van der Waals surface area (Å²) in [4.78, 5) is 15.8. The Kier molecular flexibility index (Phi) is 5.00. The first kappa shape index (κ1) is 16.7. The number of rotatable bonds is 4. The Hall–Kier alpha value is -2.14. The summed E-state index contributed by atoms with van der Waals surface area (Å²) in [5.74, 6) is 0.675. The number of fused-ring (bicyclic) bond motifs is 1. The van der Waals surface area contributed by atoms with Gasteiger partial charge >= 0.3 is 0 Å². The van der Waals surface area contributed by atoms with Gasteiger partial charge < -0.3 is 15.4 Å². The quantitative estimate of drug-likeness (QED) is 0.679. The van der Waals surface area contributed by atoms with Crippen LogP contribution in [-0.4, -0.2) is 24.8 Å². The number of amides is 1. The molecule has 0 fully saturated rings. The van der Waals surface area contributed by atoms with Gasteiger partial charge in [0.1, 0.15) is 5.75 Å². The molecule has 0 saturated heterocycles. The molecule has 2 aromatic rings. The molecule has 1 aliphatic heterocycles. The Balaban J connectivity index is 1.75. The van der Waals surface area contributed by atoms with E-state index in [4.69, 9.17) is 10.5 Å². The van der Waals surface area contributed by atoms with Gasteiger partial charge in [-0.1, -0.05) is 6.07 Å². The van der Waals surface area contributed by atoms with E-state index in [0.29, 0.717) is 12.3 Å². The van der Waals surface area contributed by atoms with Crippen molar-refractivity contribution in [2.24, 2.45) is 0 Å². The Morgan fingerprint density at radius 3 is 2.71 bits per heavy atom. The molecule has 1 unspecified atom stereocenters. The number of nitrogens with two attached hydrogens (primary N) is 1. The first-order valence-corrected chi connectivity index (χ1v) is 9.32. The SMILES string of the molecule is CSc1ccc(OC(C)C(=O)N2CCCc3c(N)cccc32)cc1. The number of benzene rings is 2. The van der Waals surface area contributed by atoms with Gasteiger partial charge in [0.25, 0.3) is 5.91 Å². The van der Waals surface area contributed by atoms with Gasteiger partial charge in [0, 0.05) is 22.8 Å². The van der Waals surface area contributed by atoms with Gasteiger partial charge in [0.15, 0.2) is 6.10 Å². The molecule has 0 aromatic heterocycles. The van der Waals surface area contributed by atoms with Crippen LogP contribution < -0.4 is 15.4 Å². The number of nitrogens with zero attached hydrogens (tertiary/aromatic N) is 1. The fraction of sp³-hybridized carbons (Fsp3) is 0.316. The van der Waals surface area contributed by atoms with Gasteiger partial charge in [-0.25, -0.2) is 0 Å². The summed E-state index contributed by atoms with van der Waals surface area (Å²) in [7, 11) is 0. The lowest BCUT2D eigenvalue weighted by molar-refractivity contribution is -0.124. The summed E-state index contributed by atoms with van der Waals surface area (Å²) in [5, 5.41) is 0. The average Bonchev–Trinajstić information content (AvgIpc) is 2.61. The second kappa shape index (κ2) is 7.18. The summed E-state index contributed by atoms with van der Waals surface area (Å²) >= 11 is 1.68. The molecular formula is C19H22N2O2S. The molecule has 2 N–H and O–H groups in total. The van der Waals surface area contributed by atoms with Crippen LogP contribution >= 0.6 is 11.8 Å². The van der Waals surface area contributed by atoms with Crippen molar-refractivity contribution in [1.29, 1.82) is 0 Å². The van der Waals surface area contributed by atoms with Crippen molar-refractivity contribution in [3.05, 3.63) is 48.0 Å². The summed E-state index contributed by atoms with van der Waals surface area (Å²) in [6, 6.07) is 13.5. The summed E-state index contributed by atoms with van der Waals surface area (Å²) < 4.78 is 5.84. The Bertz CT molecular complexity index is 731. The molecule has 1 heterocycles. The number of carbonyl (C=O) groups excluding carboxylic acids is 1. The molecule has 0 bridgehead atoms. The van der Waals surface area contributed by atoms with Crippen LogP contribution in [0.5, 0.6) is 5.75 Å². The van der Waals surface area contributed by atoms with E-state index in [2.05, 4.69) is 0 Å². The Morgan fingerprint density at radius 2 is 2.00 bits per heavy atom. The van der Waals surface area contributed by atoms with Gasteiger partial charge in [-0.05, 0) is 68.0 Å². The number of carbonyl (C=O) groups is 1. The minimum atomic E-state index is -0.544. The second-order valence-corrected chi connectivity index (χ2v) is 6.75. The molecule has 2 aromatic carbocycles. The molecule has 0 spiro atoms. The van der Waals surface area contributed by atoms with Crippen molar-refractivity contribution in [2.45, 2.75) is 30.8 Å². The van der Waals surface area contributed by atoms with Crippen LogP contribution in [0, 0.1) is 0 Å². The van der Waals surface area contributed by atoms with E-state index < -0.39 is 6.10 Å². The first-order chi connectivity index (χ1) is 11.6. The molecule has 0 aliphatic carbocycles. The monoisotopic (exact) mass is 342 g/mol. The molecule has 1 atom stereocenters. The highest BCUT2D eigenvalue weighted by Crippen LogP contribution is 2.32. The third-order valence-electron chi connectivity index (χ3n) is 4.27. The standard InChI is InChI=1S/C19H22N2O2S/c1-13(23-14-8-10-15(24-2)11-9-14)19(22)21-12-4-5-16-17(20)6-3-7-18(16)21/h3,6-11,13H,4-5,12,20H2,1-2H3. The van der Waals surface area contributed by atoms with Gasteiger partial charge in [0.05, 0.1) is 0 Å². The van der Waals surface area contributed by atoms with Gasteiger partial charge in [-0.15, -0.1) is 11.8 Å². The molecule has 0 radical (unpaired) electrons. The van der Waals surface area contributed by atoms with Crippen molar-refractivity contribution >= 4 is 29.0 Å². The van der Waals surface area contributed by atoms with E-state index in [1.165, 1.54) is 4.90 Å². The van der Waals surface area contributed by atoms with Crippen molar-refractivity contribution in [1.82, 2.24) is 0 Å². The number of nitrogen functional groups attached to an aromatic ring is 1. The minimum Gasteiger partial charge on any atom is -0.481 e. The van der Waals surface area contributed by atoms with Crippen LogP contribution in [0.15, 0.2) is 47.4 Å². The van der Waals surface area contributed by atoms with Gasteiger partial charge in [0.2, 0.25) is 0 Å². The maximum atomic E-state index is 12.9. The second-order valence-electron chi connectivity index (χ2n) is 5.87. The number of hydrogen-bond donors (Lipinski definition) is 1. The van der Waals surface area contributed by atoms with Crippen LogP contribution in [0.3, 0.4) is 0 Å². The normalized spacial score (nSPS) is 14.8. The molecule has 5 heteroatoms. The Morgan fingerprint density at radius 1 is 1.25 bits per heavy atom. The molecule has 126 valence electrons. The highest BCUT2D eigenvalue weighted by atomic mass is 32.2. The smallest absolute Gasteiger partial charge is 0.267 e. The number of anilines is 2. The average molecular weight is 342 g/mol. The van der Waals surface area contributed by atoms with E-state index >= 15 is 0 Å². The van der Waals surface area contributed by atoms with Crippen molar-refractivity contribution in [3.8, 4) is 5.75 Å². The summed E-state index contributed by atoms with van der Waals surface area (Å²) in [6.45, 7) is 2.50. The summed E-state index contributed by atoms with van der Waals surface area (Å²) in [5.41, 5.74) is 8.79. The van der Waals surface area contributed by atoms with Crippen LogP contribution in [0.25, 0.3) is 0 Å². The van der Waals surface area contributed by atoms with E-state index in [-0.39, 0.29) is 5.91 Å². The van der Waals surface area contributed by atoms with Gasteiger partial charge in [-0.3, -0.25) is 4.79 Å². The fourth-order valence-electron chi connectivity index (χ4n) is 3.01. The zero-order valence-corrected chi connectivity index (χ0v) is 14.8. The minimum absolute atomic E-state index is 0.0320. The van der Waals surface area contributed by atoms with Crippen LogP contribution in [-0.2, 0) is 11.2 Å². The number of ether oxygens (including phenoxy) is 1. The lowest BCUT2D eigenvalue weighted by atomic mass is 9.99. The maximum absolute atomic E-state index is 12.9. The third-order valence-corrected chi connectivity index (χ3v) is 5.02. The van der Waals surface area contributed by atoms with Crippen LogP contribution in [0.2, 0.25) is 0 Å². The van der Waals surface area contributed by atoms with Crippen molar-refractivity contribution in [3.63, 3.8) is 0 Å². The molecular weight excluding hydrogens is 320 g/mol.